The molecule has 0 unspecified atom stereocenters. The predicted octanol–water partition coefficient (Wildman–Crippen LogP) is 7.57. The number of nitrogens with zero attached hydrogens (tertiary/aromatic N) is 3. The first-order chi connectivity index (χ1) is 19.6. The summed E-state index contributed by atoms with van der Waals surface area (Å²) in [4.78, 5) is 30.2. The van der Waals surface area contributed by atoms with E-state index < -0.39 is 29.0 Å². The second-order valence-electron chi connectivity index (χ2n) is 9.71. The van der Waals surface area contributed by atoms with Crippen LogP contribution in [0.2, 0.25) is 5.02 Å². The number of aryl methyl sites for hydroxylation is 4. The van der Waals surface area contributed by atoms with E-state index >= 15 is 0 Å². The average molecular weight is 595 g/mol. The van der Waals surface area contributed by atoms with Gasteiger partial charge in [-0.15, -0.1) is 11.6 Å². The van der Waals surface area contributed by atoms with Crippen LogP contribution in [0.5, 0.6) is 0 Å². The van der Waals surface area contributed by atoms with E-state index in [0.717, 1.165) is 57.3 Å². The third kappa shape index (κ3) is 4.91. The topological polar surface area (TPSA) is 68.4 Å². The zero-order valence-electron chi connectivity index (χ0n) is 22.8. The van der Waals surface area contributed by atoms with Crippen LogP contribution in [0.3, 0.4) is 0 Å². The van der Waals surface area contributed by atoms with Gasteiger partial charge in [-0.1, -0.05) is 30.7 Å². The fourth-order valence-electron chi connectivity index (χ4n) is 5.13. The summed E-state index contributed by atoms with van der Waals surface area (Å²) >= 11 is 12.5. The van der Waals surface area contributed by atoms with Crippen molar-refractivity contribution >= 4 is 57.1 Å². The molecule has 6 nitrogen and oxygen atoms in total. The number of hydrogen-bond acceptors (Lipinski definition) is 3. The Balaban J connectivity index is 1.63. The number of rotatable bonds is 7. The highest BCUT2D eigenvalue weighted by atomic mass is 35.5. The van der Waals surface area contributed by atoms with Crippen LogP contribution in [0.4, 0.5) is 14.5 Å². The lowest BCUT2D eigenvalue weighted by molar-refractivity contribution is -0.112. The molecule has 0 saturated heterocycles. The van der Waals surface area contributed by atoms with E-state index in [4.69, 9.17) is 23.2 Å². The van der Waals surface area contributed by atoms with Gasteiger partial charge < -0.3 is 14.3 Å². The van der Waals surface area contributed by atoms with Gasteiger partial charge in [-0.2, -0.15) is 0 Å². The van der Waals surface area contributed by atoms with Crippen molar-refractivity contribution in [2.75, 3.05) is 11.2 Å². The Kier molecular flexibility index (Phi) is 7.72. The van der Waals surface area contributed by atoms with E-state index in [1.54, 1.807) is 22.7 Å². The lowest BCUT2D eigenvalue weighted by Crippen LogP contribution is -2.13. The Hall–Kier alpha value is -4.01. The number of nitrogens with one attached hydrogen (secondary N) is 1. The van der Waals surface area contributed by atoms with Gasteiger partial charge in [-0.25, -0.2) is 13.8 Å². The normalized spacial score (nSPS) is 11.7. The molecule has 0 aliphatic rings. The number of carbonyl (C=O) groups is 2. The molecule has 5 aromatic rings. The number of ketones is 1. The average Bonchev–Trinajstić information content (AvgIpc) is 3.46. The molecule has 0 saturated carbocycles. The van der Waals surface area contributed by atoms with Gasteiger partial charge in [-0.05, 0) is 61.7 Å². The maximum absolute atomic E-state index is 14.9. The number of anilines is 1. The number of allylic oxidation sites excluding steroid dienone is 1. The van der Waals surface area contributed by atoms with Gasteiger partial charge in [0.1, 0.15) is 28.7 Å². The molecule has 10 heteroatoms. The Labute approximate surface area is 245 Å². The van der Waals surface area contributed by atoms with Crippen LogP contribution in [-0.2, 0) is 18.3 Å². The Morgan fingerprint density at radius 3 is 2.49 bits per heavy atom. The second kappa shape index (κ2) is 11.1. The predicted molar refractivity (Wildman–Crippen MR) is 159 cm³/mol. The number of hydrogen-bond donors (Lipinski definition) is 1. The molecule has 0 fully saturated rings. The van der Waals surface area contributed by atoms with E-state index in [0.29, 0.717) is 17.0 Å². The highest BCUT2D eigenvalue weighted by Gasteiger charge is 2.24. The first kappa shape index (κ1) is 28.5. The van der Waals surface area contributed by atoms with Gasteiger partial charge >= 0.3 is 0 Å². The molecule has 41 heavy (non-hydrogen) atoms. The highest BCUT2D eigenvalue weighted by molar-refractivity contribution is 6.38. The first-order valence-electron chi connectivity index (χ1n) is 12.9. The van der Waals surface area contributed by atoms with Gasteiger partial charge in [0.15, 0.2) is 0 Å². The molecule has 2 aromatic carbocycles. The fourth-order valence-corrected chi connectivity index (χ4v) is 5.61. The SMILES string of the molecule is CCc1cc(C(=O)c2cc(F)c(NC(=O)/C=C/CCl)c(F)c2)n2cccc(-c3c(C)cc4c(nc(C)n4C)c3Cl)c12. The smallest absolute Gasteiger partial charge is 0.248 e. The quantitative estimate of drug-likeness (QED) is 0.120. The molecule has 210 valence electrons. The molecule has 0 atom stereocenters. The van der Waals surface area contributed by atoms with Crippen LogP contribution in [-0.4, -0.2) is 31.5 Å². The summed E-state index contributed by atoms with van der Waals surface area (Å²) in [5.74, 6) is -2.55. The van der Waals surface area contributed by atoms with E-state index in [-0.39, 0.29) is 17.1 Å². The van der Waals surface area contributed by atoms with Gasteiger partial charge in [0.25, 0.3) is 0 Å². The largest absolute Gasteiger partial charge is 0.331 e. The van der Waals surface area contributed by atoms with Crippen molar-refractivity contribution in [3.63, 3.8) is 0 Å². The number of imidazole rings is 1. The molecule has 3 heterocycles. The number of halogens is 4. The van der Waals surface area contributed by atoms with E-state index in [1.807, 2.05) is 44.5 Å². The van der Waals surface area contributed by atoms with Gasteiger partial charge in [0.05, 0.1) is 21.7 Å². The molecule has 5 rings (SSSR count). The number of benzene rings is 2. The van der Waals surface area contributed by atoms with Gasteiger partial charge in [-0.3, -0.25) is 9.59 Å². The number of aromatic nitrogens is 3. The summed E-state index contributed by atoms with van der Waals surface area (Å²) in [7, 11) is 1.94. The van der Waals surface area contributed by atoms with Gasteiger partial charge in [0, 0.05) is 41.9 Å². The zero-order chi connectivity index (χ0) is 29.6. The van der Waals surface area contributed by atoms with Crippen molar-refractivity contribution in [3.8, 4) is 11.1 Å². The van der Waals surface area contributed by atoms with Gasteiger partial charge in [0.2, 0.25) is 11.7 Å². The standard InChI is InChI=1S/C31H26Cl2F2N4O2/c1-5-18-15-24(31(41)19-13-21(34)28(22(35)14-19)37-25(40)9-6-10-32)39-11-7-8-20(30(18)39)26-16(2)12-23-29(27(26)33)36-17(3)38(23)4/h6-9,11-15H,5,10H2,1-4H3,(H,37,40)/b9-6+. The van der Waals surface area contributed by atoms with Crippen LogP contribution in [0, 0.1) is 25.5 Å². The molecule has 1 N–H and O–H groups in total. The van der Waals surface area contributed by atoms with Crippen LogP contribution in [0.1, 0.15) is 39.9 Å². The van der Waals surface area contributed by atoms with Crippen molar-refractivity contribution in [1.29, 1.82) is 0 Å². The number of pyridine rings is 1. The van der Waals surface area contributed by atoms with Crippen LogP contribution >= 0.6 is 23.2 Å². The summed E-state index contributed by atoms with van der Waals surface area (Å²) in [6.07, 6.45) is 4.75. The Bertz CT molecular complexity index is 1880. The molecule has 0 bridgehead atoms. The summed E-state index contributed by atoms with van der Waals surface area (Å²) in [6, 6.07) is 9.35. The maximum Gasteiger partial charge on any atom is 0.248 e. The third-order valence-corrected chi connectivity index (χ3v) is 7.75. The summed E-state index contributed by atoms with van der Waals surface area (Å²) < 4.78 is 33.5. The molecule has 0 aliphatic carbocycles. The van der Waals surface area contributed by atoms with Crippen LogP contribution in [0.15, 0.2) is 54.7 Å². The number of fused-ring (bicyclic) bond motifs is 2. The molecule has 0 aliphatic heterocycles. The lowest BCUT2D eigenvalue weighted by atomic mass is 9.97. The van der Waals surface area contributed by atoms with Crippen molar-refractivity contribution in [3.05, 3.63) is 99.6 Å². The molecular formula is C31H26Cl2F2N4O2. The number of carbonyl (C=O) groups excluding carboxylic acids is 2. The zero-order valence-corrected chi connectivity index (χ0v) is 24.3. The van der Waals surface area contributed by atoms with E-state index in [9.17, 15) is 18.4 Å². The second-order valence-corrected chi connectivity index (χ2v) is 10.4. The monoisotopic (exact) mass is 594 g/mol. The maximum atomic E-state index is 14.9. The first-order valence-corrected chi connectivity index (χ1v) is 13.8. The summed E-state index contributed by atoms with van der Waals surface area (Å²) in [5.41, 5.74) is 5.20. The molecular weight excluding hydrogens is 569 g/mol. The lowest BCUT2D eigenvalue weighted by Gasteiger charge is -2.14. The van der Waals surface area contributed by atoms with Crippen molar-refractivity contribution < 1.29 is 18.4 Å². The number of amides is 1. The summed E-state index contributed by atoms with van der Waals surface area (Å²) in [6.45, 7) is 5.86. The van der Waals surface area contributed by atoms with Crippen molar-refractivity contribution in [2.45, 2.75) is 27.2 Å². The minimum absolute atomic E-state index is 0.0712. The fraction of sp³-hybridized carbons (Fsp3) is 0.194. The molecule has 1 amide bonds. The Morgan fingerprint density at radius 1 is 1.12 bits per heavy atom. The Morgan fingerprint density at radius 2 is 1.83 bits per heavy atom. The summed E-state index contributed by atoms with van der Waals surface area (Å²) in [5, 5.41) is 2.66. The van der Waals surface area contributed by atoms with Crippen molar-refractivity contribution in [1.82, 2.24) is 14.0 Å². The minimum Gasteiger partial charge on any atom is -0.331 e. The van der Waals surface area contributed by atoms with E-state index in [2.05, 4.69) is 10.3 Å². The minimum atomic E-state index is -1.07. The molecule has 3 aromatic heterocycles. The molecule has 0 spiro atoms. The highest BCUT2D eigenvalue weighted by Crippen LogP contribution is 2.40. The van der Waals surface area contributed by atoms with Crippen molar-refractivity contribution in [2.24, 2.45) is 7.05 Å². The van der Waals surface area contributed by atoms with E-state index in [1.165, 1.54) is 6.08 Å². The third-order valence-electron chi connectivity index (χ3n) is 7.20. The molecule has 0 radical (unpaired) electrons. The van der Waals surface area contributed by atoms with Crippen LogP contribution < -0.4 is 5.32 Å². The van der Waals surface area contributed by atoms with Crippen LogP contribution in [0.25, 0.3) is 27.7 Å². The number of alkyl halides is 1.